The minimum absolute atomic E-state index is 0.140. The molecule has 138 valence electrons. The first-order chi connectivity index (χ1) is 12.6. The van der Waals surface area contributed by atoms with Crippen molar-refractivity contribution in [1.82, 2.24) is 10.3 Å². The summed E-state index contributed by atoms with van der Waals surface area (Å²) in [5.74, 6) is -0.107. The fourth-order valence-corrected chi connectivity index (χ4v) is 3.23. The Morgan fingerprint density at radius 2 is 1.81 bits per heavy atom. The van der Waals surface area contributed by atoms with Gasteiger partial charge in [-0.25, -0.2) is 9.37 Å². The summed E-state index contributed by atoms with van der Waals surface area (Å²) in [6, 6.07) is 9.90. The smallest absolute Gasteiger partial charge is 0.256 e. The second-order valence-corrected chi connectivity index (χ2v) is 6.88. The number of hydrogen-bond donors (Lipinski definition) is 1. The van der Waals surface area contributed by atoms with Gasteiger partial charge in [-0.15, -0.1) is 0 Å². The van der Waals surface area contributed by atoms with Gasteiger partial charge in [0.05, 0.1) is 0 Å². The molecule has 5 heteroatoms. The van der Waals surface area contributed by atoms with Crippen LogP contribution < -0.4 is 10.1 Å². The van der Waals surface area contributed by atoms with Crippen molar-refractivity contribution < 1.29 is 13.9 Å². The molecular formula is C21H25FN2O2. The van der Waals surface area contributed by atoms with E-state index in [0.717, 1.165) is 36.9 Å². The molecular weight excluding hydrogens is 331 g/mol. The van der Waals surface area contributed by atoms with Crippen LogP contribution in [0.3, 0.4) is 0 Å². The van der Waals surface area contributed by atoms with Gasteiger partial charge in [-0.3, -0.25) is 4.79 Å². The largest absolute Gasteiger partial charge is 0.472 e. The minimum atomic E-state index is -0.286. The number of nitrogens with zero attached hydrogens (tertiary/aromatic N) is 1. The third kappa shape index (κ3) is 5.04. The molecule has 1 aliphatic rings. The maximum absolute atomic E-state index is 13.0. The van der Waals surface area contributed by atoms with Gasteiger partial charge in [0.25, 0.3) is 5.91 Å². The monoisotopic (exact) mass is 356 g/mol. The van der Waals surface area contributed by atoms with Crippen LogP contribution in [-0.4, -0.2) is 16.9 Å². The lowest BCUT2D eigenvalue weighted by molar-refractivity contribution is 0.0927. The van der Waals surface area contributed by atoms with E-state index in [2.05, 4.69) is 10.3 Å². The molecule has 1 amide bonds. The SMILES string of the molecule is Cc1ccc(C(=O)NC2CCCCCC2)c(OCc2ccc(F)cc2)n1. The number of rotatable bonds is 5. The number of aromatic nitrogens is 1. The summed E-state index contributed by atoms with van der Waals surface area (Å²) in [6.07, 6.45) is 6.85. The van der Waals surface area contributed by atoms with Gasteiger partial charge in [0.2, 0.25) is 5.88 Å². The summed E-state index contributed by atoms with van der Waals surface area (Å²) in [4.78, 5) is 17.1. The zero-order valence-electron chi connectivity index (χ0n) is 15.1. The zero-order valence-corrected chi connectivity index (χ0v) is 15.1. The molecule has 2 aromatic rings. The van der Waals surface area contributed by atoms with Crippen LogP contribution in [-0.2, 0) is 6.61 Å². The molecule has 3 rings (SSSR count). The average molecular weight is 356 g/mol. The van der Waals surface area contributed by atoms with E-state index in [1.807, 2.05) is 13.0 Å². The first-order valence-corrected chi connectivity index (χ1v) is 9.27. The van der Waals surface area contributed by atoms with Crippen molar-refractivity contribution in [2.75, 3.05) is 0 Å². The molecule has 0 spiro atoms. The van der Waals surface area contributed by atoms with Crippen LogP contribution >= 0.6 is 0 Å². The predicted molar refractivity (Wildman–Crippen MR) is 98.7 cm³/mol. The first kappa shape index (κ1) is 18.4. The van der Waals surface area contributed by atoms with E-state index in [1.165, 1.54) is 25.0 Å². The molecule has 0 bridgehead atoms. The molecule has 0 aliphatic heterocycles. The Hall–Kier alpha value is -2.43. The fourth-order valence-electron chi connectivity index (χ4n) is 3.23. The van der Waals surface area contributed by atoms with Crippen molar-refractivity contribution in [2.24, 2.45) is 0 Å². The minimum Gasteiger partial charge on any atom is -0.472 e. The van der Waals surface area contributed by atoms with Crippen LogP contribution in [0.25, 0.3) is 0 Å². The fraction of sp³-hybridized carbons (Fsp3) is 0.429. The molecule has 1 N–H and O–H groups in total. The van der Waals surface area contributed by atoms with Crippen molar-refractivity contribution in [3.63, 3.8) is 0 Å². The van der Waals surface area contributed by atoms with Crippen molar-refractivity contribution in [2.45, 2.75) is 58.1 Å². The standard InChI is InChI=1S/C21H25FN2O2/c1-15-8-13-19(20(25)24-18-6-4-2-3-5-7-18)21(23-15)26-14-16-9-11-17(22)12-10-16/h8-13,18H,2-7,14H2,1H3,(H,24,25). The molecule has 0 unspecified atom stereocenters. The highest BCUT2D eigenvalue weighted by atomic mass is 19.1. The molecule has 4 nitrogen and oxygen atoms in total. The van der Waals surface area contributed by atoms with Crippen molar-refractivity contribution in [3.05, 3.63) is 59.0 Å². The lowest BCUT2D eigenvalue weighted by Gasteiger charge is -2.17. The van der Waals surface area contributed by atoms with Gasteiger partial charge in [0, 0.05) is 11.7 Å². The highest BCUT2D eigenvalue weighted by molar-refractivity contribution is 5.96. The van der Waals surface area contributed by atoms with Crippen LogP contribution in [0.5, 0.6) is 5.88 Å². The Labute approximate surface area is 153 Å². The number of carbonyl (C=O) groups excluding carboxylic acids is 1. The number of halogens is 1. The molecule has 1 heterocycles. The highest BCUT2D eigenvalue weighted by Crippen LogP contribution is 2.21. The summed E-state index contributed by atoms with van der Waals surface area (Å²) < 4.78 is 18.8. The van der Waals surface area contributed by atoms with E-state index in [9.17, 15) is 9.18 Å². The molecule has 0 atom stereocenters. The molecule has 1 fully saturated rings. The molecule has 1 saturated carbocycles. The van der Waals surface area contributed by atoms with E-state index in [4.69, 9.17) is 4.74 Å². The van der Waals surface area contributed by atoms with E-state index >= 15 is 0 Å². The van der Waals surface area contributed by atoms with Crippen LogP contribution in [0.1, 0.15) is 60.1 Å². The van der Waals surface area contributed by atoms with E-state index in [-0.39, 0.29) is 24.4 Å². The Balaban J connectivity index is 1.70. The van der Waals surface area contributed by atoms with Gasteiger partial charge in [0.15, 0.2) is 0 Å². The third-order valence-electron chi connectivity index (χ3n) is 4.72. The molecule has 1 aromatic carbocycles. The topological polar surface area (TPSA) is 51.2 Å². The predicted octanol–water partition coefficient (Wildman–Crippen LogP) is 4.56. The lowest BCUT2D eigenvalue weighted by atomic mass is 10.1. The first-order valence-electron chi connectivity index (χ1n) is 9.27. The van der Waals surface area contributed by atoms with Gasteiger partial charge in [-0.1, -0.05) is 37.8 Å². The number of amides is 1. The molecule has 0 radical (unpaired) electrons. The van der Waals surface area contributed by atoms with Crippen LogP contribution in [0, 0.1) is 12.7 Å². The van der Waals surface area contributed by atoms with E-state index < -0.39 is 0 Å². The average Bonchev–Trinajstić information content (AvgIpc) is 2.90. The molecule has 1 aromatic heterocycles. The number of pyridine rings is 1. The van der Waals surface area contributed by atoms with Gasteiger partial charge < -0.3 is 10.1 Å². The maximum atomic E-state index is 13.0. The summed E-state index contributed by atoms with van der Waals surface area (Å²) in [7, 11) is 0. The van der Waals surface area contributed by atoms with Crippen LogP contribution in [0.15, 0.2) is 36.4 Å². The van der Waals surface area contributed by atoms with E-state index in [0.29, 0.717) is 11.4 Å². The van der Waals surface area contributed by atoms with Crippen LogP contribution in [0.4, 0.5) is 4.39 Å². The number of ether oxygens (including phenoxy) is 1. The number of benzene rings is 1. The third-order valence-corrected chi connectivity index (χ3v) is 4.72. The zero-order chi connectivity index (χ0) is 18.4. The summed E-state index contributed by atoms with van der Waals surface area (Å²) in [5, 5.41) is 3.13. The second kappa shape index (κ2) is 8.79. The summed E-state index contributed by atoms with van der Waals surface area (Å²) in [6.45, 7) is 2.10. The summed E-state index contributed by atoms with van der Waals surface area (Å²) in [5.41, 5.74) is 2.05. The van der Waals surface area contributed by atoms with Gasteiger partial charge in [0.1, 0.15) is 18.0 Å². The van der Waals surface area contributed by atoms with Crippen molar-refractivity contribution in [1.29, 1.82) is 0 Å². The van der Waals surface area contributed by atoms with Crippen LogP contribution in [0.2, 0.25) is 0 Å². The Bertz CT molecular complexity index is 738. The highest BCUT2D eigenvalue weighted by Gasteiger charge is 2.19. The maximum Gasteiger partial charge on any atom is 0.256 e. The Morgan fingerprint density at radius 1 is 1.12 bits per heavy atom. The Morgan fingerprint density at radius 3 is 2.50 bits per heavy atom. The van der Waals surface area contributed by atoms with Gasteiger partial charge in [-0.05, 0) is 49.6 Å². The molecule has 0 saturated heterocycles. The van der Waals surface area contributed by atoms with Gasteiger partial charge >= 0.3 is 0 Å². The van der Waals surface area contributed by atoms with E-state index in [1.54, 1.807) is 18.2 Å². The number of nitrogens with one attached hydrogen (secondary N) is 1. The Kier molecular flexibility index (Phi) is 6.21. The number of aryl methyl sites for hydroxylation is 1. The lowest BCUT2D eigenvalue weighted by Crippen LogP contribution is -2.34. The van der Waals surface area contributed by atoms with Crippen molar-refractivity contribution >= 4 is 5.91 Å². The van der Waals surface area contributed by atoms with Gasteiger partial charge in [-0.2, -0.15) is 0 Å². The second-order valence-electron chi connectivity index (χ2n) is 6.88. The molecule has 26 heavy (non-hydrogen) atoms. The number of hydrogen-bond acceptors (Lipinski definition) is 3. The quantitative estimate of drug-likeness (QED) is 0.799. The number of carbonyl (C=O) groups is 1. The molecule has 1 aliphatic carbocycles. The normalized spacial score (nSPS) is 15.3. The van der Waals surface area contributed by atoms with Crippen molar-refractivity contribution in [3.8, 4) is 5.88 Å². The summed E-state index contributed by atoms with van der Waals surface area (Å²) >= 11 is 0.